The van der Waals surface area contributed by atoms with Crippen LogP contribution in [0, 0.1) is 5.41 Å². The Morgan fingerprint density at radius 1 is 1.12 bits per heavy atom. The first kappa shape index (κ1) is 29.9. The van der Waals surface area contributed by atoms with Gasteiger partial charge in [0.1, 0.15) is 12.2 Å². The Morgan fingerprint density at radius 3 is 2.50 bits per heavy atom. The number of aliphatic hydroxyl groups is 1. The number of rotatable bonds is 11. The van der Waals surface area contributed by atoms with Crippen molar-refractivity contribution >= 4 is 36.6 Å². The molecule has 1 aliphatic heterocycles. The zero-order chi connectivity index (χ0) is 29.1. The van der Waals surface area contributed by atoms with Gasteiger partial charge in [0.05, 0.1) is 24.1 Å². The molecule has 1 saturated heterocycles. The third kappa shape index (κ3) is 7.16. The molecule has 2 N–H and O–H groups in total. The second kappa shape index (κ2) is 12.2. The highest BCUT2D eigenvalue weighted by atomic mass is 28.3. The molecule has 0 saturated carbocycles. The number of carbonyl (C=O) groups excluding carboxylic acids is 2. The average molecular weight is 566 g/mol. The van der Waals surface area contributed by atoms with E-state index >= 15 is 0 Å². The Morgan fingerprint density at radius 2 is 1.85 bits per heavy atom. The minimum Gasteiger partial charge on any atom is -0.395 e. The molecule has 0 spiro atoms. The third-order valence-electron chi connectivity index (χ3n) is 7.06. The van der Waals surface area contributed by atoms with Crippen LogP contribution in [0.2, 0.25) is 25.7 Å². The second-order valence-electron chi connectivity index (χ2n) is 12.8. The van der Waals surface area contributed by atoms with Crippen LogP contribution in [0.3, 0.4) is 0 Å². The van der Waals surface area contributed by atoms with Crippen LogP contribution < -0.4 is 10.2 Å². The van der Waals surface area contributed by atoms with Gasteiger partial charge in [-0.1, -0.05) is 40.4 Å². The van der Waals surface area contributed by atoms with Crippen molar-refractivity contribution in [3.63, 3.8) is 0 Å². The van der Waals surface area contributed by atoms with Crippen molar-refractivity contribution in [2.45, 2.75) is 66.0 Å². The lowest BCUT2D eigenvalue weighted by Crippen LogP contribution is -2.27. The first-order valence-electron chi connectivity index (χ1n) is 14.2. The Balaban J connectivity index is 1.76. The fourth-order valence-electron chi connectivity index (χ4n) is 4.72. The van der Waals surface area contributed by atoms with Crippen LogP contribution in [0.4, 0.5) is 5.69 Å². The van der Waals surface area contributed by atoms with Gasteiger partial charge in [-0.15, -0.1) is 0 Å². The predicted octanol–water partition coefficient (Wildman–Crippen LogP) is 4.96. The number of Topliss-reactive ketones (excluding diaryl/α,β-unsaturated/α-hetero) is 1. The zero-order valence-electron chi connectivity index (χ0n) is 24.7. The van der Waals surface area contributed by atoms with E-state index in [1.165, 1.54) is 0 Å². The van der Waals surface area contributed by atoms with Gasteiger partial charge in [0.2, 0.25) is 0 Å². The van der Waals surface area contributed by atoms with Crippen LogP contribution in [0.5, 0.6) is 0 Å². The van der Waals surface area contributed by atoms with Gasteiger partial charge in [-0.25, -0.2) is 9.97 Å². The maximum atomic E-state index is 13.5. The van der Waals surface area contributed by atoms with Gasteiger partial charge in [-0.3, -0.25) is 9.59 Å². The maximum absolute atomic E-state index is 13.5. The second-order valence-corrected chi connectivity index (χ2v) is 18.4. The number of ether oxygens (including phenoxy) is 1. The Labute approximate surface area is 238 Å². The quantitative estimate of drug-likeness (QED) is 0.192. The minimum atomic E-state index is -1.23. The van der Waals surface area contributed by atoms with Gasteiger partial charge in [0.25, 0.3) is 5.91 Å². The molecule has 0 atom stereocenters. The first-order valence-corrected chi connectivity index (χ1v) is 17.9. The lowest BCUT2D eigenvalue weighted by molar-refractivity contribution is 0.0849. The van der Waals surface area contributed by atoms with E-state index in [9.17, 15) is 14.7 Å². The van der Waals surface area contributed by atoms with Crippen molar-refractivity contribution < 1.29 is 19.4 Å². The molecule has 9 nitrogen and oxygen atoms in total. The van der Waals surface area contributed by atoms with E-state index in [0.29, 0.717) is 41.3 Å². The monoisotopic (exact) mass is 565 g/mol. The van der Waals surface area contributed by atoms with Crippen LogP contribution in [0.1, 0.15) is 54.3 Å². The average Bonchev–Trinajstić information content (AvgIpc) is 3.56. The molecule has 1 fully saturated rings. The molecule has 0 aliphatic carbocycles. The van der Waals surface area contributed by atoms with Crippen molar-refractivity contribution in [3.8, 4) is 11.3 Å². The summed E-state index contributed by atoms with van der Waals surface area (Å²) < 4.78 is 7.86. The summed E-state index contributed by atoms with van der Waals surface area (Å²) in [7, 11) is -1.23. The van der Waals surface area contributed by atoms with Crippen molar-refractivity contribution in [2.24, 2.45) is 5.41 Å². The molecule has 216 valence electrons. The summed E-state index contributed by atoms with van der Waals surface area (Å²) in [6.07, 6.45) is 5.72. The van der Waals surface area contributed by atoms with Gasteiger partial charge < -0.3 is 24.6 Å². The predicted molar refractivity (Wildman–Crippen MR) is 162 cm³/mol. The van der Waals surface area contributed by atoms with E-state index in [-0.39, 0.29) is 24.8 Å². The topological polar surface area (TPSA) is 110 Å². The van der Waals surface area contributed by atoms with Gasteiger partial charge in [0.15, 0.2) is 11.4 Å². The number of anilines is 1. The lowest BCUT2D eigenvalue weighted by Gasteiger charge is -2.20. The number of hydrogen-bond donors (Lipinski definition) is 2. The summed E-state index contributed by atoms with van der Waals surface area (Å²) in [5.41, 5.74) is 3.83. The van der Waals surface area contributed by atoms with Gasteiger partial charge in [-0.2, -0.15) is 0 Å². The summed E-state index contributed by atoms with van der Waals surface area (Å²) >= 11 is 0. The molecular formula is C30H43N5O4Si. The van der Waals surface area contributed by atoms with Crippen LogP contribution in [-0.4, -0.2) is 72.3 Å². The maximum Gasteiger partial charge on any atom is 0.251 e. The van der Waals surface area contributed by atoms with E-state index < -0.39 is 13.5 Å². The first-order chi connectivity index (χ1) is 18.9. The molecule has 0 unspecified atom stereocenters. The number of nitrogens with one attached hydrogen (secondary N) is 1. The van der Waals surface area contributed by atoms with E-state index in [1.54, 1.807) is 12.3 Å². The molecule has 4 rings (SSSR count). The van der Waals surface area contributed by atoms with E-state index in [4.69, 9.17) is 14.7 Å². The number of benzene rings is 1. The molecule has 40 heavy (non-hydrogen) atoms. The van der Waals surface area contributed by atoms with E-state index in [2.05, 4.69) is 29.9 Å². The molecule has 1 aliphatic rings. The fourth-order valence-corrected chi connectivity index (χ4v) is 5.48. The number of ketones is 1. The third-order valence-corrected chi connectivity index (χ3v) is 8.77. The molecule has 0 radical (unpaired) electrons. The smallest absolute Gasteiger partial charge is 0.251 e. The molecule has 3 heterocycles. The number of fused-ring (bicyclic) bond motifs is 1. The number of amides is 1. The molecule has 0 bridgehead atoms. The summed E-state index contributed by atoms with van der Waals surface area (Å²) in [4.78, 5) is 38.3. The fraction of sp³-hybridized carbons (Fsp3) is 0.533. The van der Waals surface area contributed by atoms with Crippen molar-refractivity contribution in [3.05, 3.63) is 41.7 Å². The molecule has 1 amide bonds. The number of carbonyl (C=O) groups is 2. The SMILES string of the molecule is CC(C)(C)C(=O)c1cn(COCC[Si](C)(C)C)c2ncc(-c3cc(C(=O)NCCO)cc(N4CCCC4)c3)nc12. The van der Waals surface area contributed by atoms with Crippen molar-refractivity contribution in [1.29, 1.82) is 0 Å². The number of aromatic nitrogens is 3. The van der Waals surface area contributed by atoms with Crippen LogP contribution in [-0.2, 0) is 11.5 Å². The molecule has 1 aromatic carbocycles. The highest BCUT2D eigenvalue weighted by Crippen LogP contribution is 2.31. The Kier molecular flexibility index (Phi) is 9.11. The van der Waals surface area contributed by atoms with E-state index in [1.807, 2.05) is 43.7 Å². The Hall–Kier alpha value is -3.08. The van der Waals surface area contributed by atoms with Gasteiger partial charge >= 0.3 is 0 Å². The zero-order valence-corrected chi connectivity index (χ0v) is 25.7. The largest absolute Gasteiger partial charge is 0.395 e. The molecular weight excluding hydrogens is 522 g/mol. The summed E-state index contributed by atoms with van der Waals surface area (Å²) in [5, 5.41) is 11.9. The normalized spacial score (nSPS) is 14.2. The minimum absolute atomic E-state index is 0.0142. The lowest BCUT2D eigenvalue weighted by atomic mass is 9.87. The molecule has 2 aromatic heterocycles. The van der Waals surface area contributed by atoms with Crippen molar-refractivity contribution in [1.82, 2.24) is 19.9 Å². The van der Waals surface area contributed by atoms with Crippen LogP contribution in [0.25, 0.3) is 22.4 Å². The number of hydrogen-bond acceptors (Lipinski definition) is 7. The highest BCUT2D eigenvalue weighted by molar-refractivity contribution is 6.76. The molecule has 10 heteroatoms. The van der Waals surface area contributed by atoms with Gasteiger partial charge in [-0.05, 0) is 37.1 Å². The number of aliphatic hydroxyl groups excluding tert-OH is 1. The Bertz CT molecular complexity index is 1370. The highest BCUT2D eigenvalue weighted by Gasteiger charge is 2.28. The van der Waals surface area contributed by atoms with Crippen molar-refractivity contribution in [2.75, 3.05) is 37.7 Å². The summed E-state index contributed by atoms with van der Waals surface area (Å²) in [5.74, 6) is -0.268. The summed E-state index contributed by atoms with van der Waals surface area (Å²) in [6.45, 7) is 15.5. The van der Waals surface area contributed by atoms with Crippen LogP contribution in [0.15, 0.2) is 30.6 Å². The van der Waals surface area contributed by atoms with E-state index in [0.717, 1.165) is 43.2 Å². The summed E-state index contributed by atoms with van der Waals surface area (Å²) in [6, 6.07) is 6.77. The molecule has 3 aromatic rings. The standard InChI is InChI=1S/C30H43N5O4Si/c1-30(2,3)27(37)24-19-35(20-39-13-14-40(4,5)6)28-26(24)33-25(18-32-28)21-15-22(29(38)31-9-12-36)17-23(16-21)34-10-7-8-11-34/h15-19,36H,7-14,20H2,1-6H3,(H,31,38). The number of nitrogens with zero attached hydrogens (tertiary/aromatic N) is 4. The van der Waals surface area contributed by atoms with Gasteiger partial charge in [0, 0.05) is 62.7 Å². The van der Waals surface area contributed by atoms with Crippen LogP contribution >= 0.6 is 0 Å².